The zero-order valence-corrected chi connectivity index (χ0v) is 14.3. The number of amides is 1. The molecule has 1 unspecified atom stereocenters. The number of morpholine rings is 1. The molecule has 0 aromatic rings. The van der Waals surface area contributed by atoms with Crippen molar-refractivity contribution in [1.29, 1.82) is 0 Å². The van der Waals surface area contributed by atoms with Gasteiger partial charge in [-0.25, -0.2) is 0 Å². The van der Waals surface area contributed by atoms with E-state index in [0.717, 1.165) is 78.0 Å². The molecule has 0 bridgehead atoms. The third kappa shape index (κ3) is 5.41. The van der Waals surface area contributed by atoms with Crippen molar-refractivity contribution in [2.75, 3.05) is 78.7 Å². The van der Waals surface area contributed by atoms with Crippen LogP contribution in [-0.2, 0) is 9.53 Å². The number of ether oxygens (including phenoxy) is 1. The summed E-state index contributed by atoms with van der Waals surface area (Å²) in [5.74, 6) is 1.10. The van der Waals surface area contributed by atoms with Crippen LogP contribution in [0.1, 0.15) is 19.3 Å². The molecular formula is C17H32N4O2. The lowest BCUT2D eigenvalue weighted by Crippen LogP contribution is -2.48. The summed E-state index contributed by atoms with van der Waals surface area (Å²) in [5.41, 5.74) is 0. The van der Waals surface area contributed by atoms with Gasteiger partial charge in [0.2, 0.25) is 5.91 Å². The smallest absolute Gasteiger partial charge is 0.223 e. The van der Waals surface area contributed by atoms with E-state index in [1.54, 1.807) is 0 Å². The van der Waals surface area contributed by atoms with Gasteiger partial charge >= 0.3 is 0 Å². The van der Waals surface area contributed by atoms with E-state index in [4.69, 9.17) is 4.74 Å². The lowest BCUT2D eigenvalue weighted by Gasteiger charge is -2.37. The standard InChI is InChI=1S/C17H32N4O2/c22-17(21-8-4-18-5-9-21)3-7-19-6-1-2-16(14-19)15-20-10-12-23-13-11-20/h16,18H,1-15H2. The van der Waals surface area contributed by atoms with Crippen LogP contribution in [0.2, 0.25) is 0 Å². The Balaban J connectivity index is 1.37. The molecule has 3 rings (SSSR count). The number of piperazine rings is 1. The Morgan fingerprint density at radius 2 is 1.83 bits per heavy atom. The minimum atomic E-state index is 0.335. The maximum Gasteiger partial charge on any atom is 0.223 e. The van der Waals surface area contributed by atoms with Crippen LogP contribution >= 0.6 is 0 Å². The monoisotopic (exact) mass is 324 g/mol. The minimum absolute atomic E-state index is 0.335. The van der Waals surface area contributed by atoms with Crippen molar-refractivity contribution < 1.29 is 9.53 Å². The van der Waals surface area contributed by atoms with E-state index in [-0.39, 0.29) is 0 Å². The lowest BCUT2D eigenvalue weighted by molar-refractivity contribution is -0.132. The van der Waals surface area contributed by atoms with E-state index >= 15 is 0 Å². The van der Waals surface area contributed by atoms with E-state index < -0.39 is 0 Å². The fourth-order valence-corrected chi connectivity index (χ4v) is 3.98. The van der Waals surface area contributed by atoms with E-state index in [1.807, 2.05) is 4.90 Å². The topological polar surface area (TPSA) is 48.1 Å². The first-order valence-electron chi connectivity index (χ1n) is 9.32. The molecule has 1 atom stereocenters. The molecule has 132 valence electrons. The number of rotatable bonds is 5. The highest BCUT2D eigenvalue weighted by Gasteiger charge is 2.24. The highest BCUT2D eigenvalue weighted by molar-refractivity contribution is 5.76. The van der Waals surface area contributed by atoms with E-state index in [2.05, 4.69) is 15.1 Å². The number of piperidine rings is 1. The number of hydrogen-bond donors (Lipinski definition) is 1. The Labute approximate surface area is 140 Å². The summed E-state index contributed by atoms with van der Waals surface area (Å²) >= 11 is 0. The molecule has 1 amide bonds. The Morgan fingerprint density at radius 3 is 2.61 bits per heavy atom. The summed E-state index contributed by atoms with van der Waals surface area (Å²) in [6.07, 6.45) is 3.29. The number of carbonyl (C=O) groups excluding carboxylic acids is 1. The highest BCUT2D eigenvalue weighted by Crippen LogP contribution is 2.18. The van der Waals surface area contributed by atoms with Gasteiger partial charge in [0.05, 0.1) is 13.2 Å². The number of nitrogens with one attached hydrogen (secondary N) is 1. The zero-order valence-electron chi connectivity index (χ0n) is 14.3. The van der Waals surface area contributed by atoms with Crippen LogP contribution in [0.5, 0.6) is 0 Å². The lowest BCUT2D eigenvalue weighted by atomic mass is 9.97. The van der Waals surface area contributed by atoms with Gasteiger partial charge in [-0.2, -0.15) is 0 Å². The minimum Gasteiger partial charge on any atom is -0.379 e. The highest BCUT2D eigenvalue weighted by atomic mass is 16.5. The average molecular weight is 324 g/mol. The van der Waals surface area contributed by atoms with Crippen molar-refractivity contribution in [2.24, 2.45) is 5.92 Å². The van der Waals surface area contributed by atoms with Crippen LogP contribution in [0.15, 0.2) is 0 Å². The van der Waals surface area contributed by atoms with E-state index in [1.165, 1.54) is 19.4 Å². The first-order valence-corrected chi connectivity index (χ1v) is 9.32. The number of hydrogen-bond acceptors (Lipinski definition) is 5. The molecule has 23 heavy (non-hydrogen) atoms. The zero-order chi connectivity index (χ0) is 15.9. The van der Waals surface area contributed by atoms with Crippen LogP contribution in [-0.4, -0.2) is 99.3 Å². The summed E-state index contributed by atoms with van der Waals surface area (Å²) in [6, 6.07) is 0. The van der Waals surface area contributed by atoms with Crippen molar-refractivity contribution in [3.8, 4) is 0 Å². The summed E-state index contributed by atoms with van der Waals surface area (Å²) in [5, 5.41) is 3.30. The summed E-state index contributed by atoms with van der Waals surface area (Å²) in [7, 11) is 0. The van der Waals surface area contributed by atoms with Crippen molar-refractivity contribution in [3.05, 3.63) is 0 Å². The number of nitrogens with zero attached hydrogens (tertiary/aromatic N) is 3. The van der Waals surface area contributed by atoms with Gasteiger partial charge < -0.3 is 19.9 Å². The molecule has 6 nitrogen and oxygen atoms in total. The predicted octanol–water partition coefficient (Wildman–Crippen LogP) is -0.147. The molecule has 3 heterocycles. The normalized spacial score (nSPS) is 28.0. The van der Waals surface area contributed by atoms with Crippen LogP contribution in [0.4, 0.5) is 0 Å². The Kier molecular flexibility index (Phi) is 6.68. The quantitative estimate of drug-likeness (QED) is 0.762. The maximum atomic E-state index is 12.3. The molecule has 3 fully saturated rings. The van der Waals surface area contributed by atoms with Crippen molar-refractivity contribution in [2.45, 2.75) is 19.3 Å². The second kappa shape index (κ2) is 8.97. The Hall–Kier alpha value is -0.690. The first kappa shape index (κ1) is 17.1. The van der Waals surface area contributed by atoms with E-state index in [9.17, 15) is 4.79 Å². The molecule has 6 heteroatoms. The molecule has 3 aliphatic rings. The fourth-order valence-electron chi connectivity index (χ4n) is 3.98. The first-order chi connectivity index (χ1) is 11.3. The molecule has 3 aliphatic heterocycles. The molecule has 0 aromatic carbocycles. The third-order valence-electron chi connectivity index (χ3n) is 5.33. The fraction of sp³-hybridized carbons (Fsp3) is 0.941. The molecule has 0 saturated carbocycles. The number of likely N-dealkylation sites (tertiary alicyclic amines) is 1. The average Bonchev–Trinajstić information content (AvgIpc) is 2.62. The largest absolute Gasteiger partial charge is 0.379 e. The maximum absolute atomic E-state index is 12.3. The van der Waals surface area contributed by atoms with Gasteiger partial charge in [0.25, 0.3) is 0 Å². The second-order valence-electron chi connectivity index (χ2n) is 7.10. The summed E-state index contributed by atoms with van der Waals surface area (Å²) in [4.78, 5) is 19.4. The SMILES string of the molecule is O=C(CCN1CCCC(CN2CCOCC2)C1)N1CCNCC1. The van der Waals surface area contributed by atoms with Crippen molar-refractivity contribution >= 4 is 5.91 Å². The predicted molar refractivity (Wildman–Crippen MR) is 90.5 cm³/mol. The molecular weight excluding hydrogens is 292 g/mol. The van der Waals surface area contributed by atoms with Crippen LogP contribution < -0.4 is 5.32 Å². The van der Waals surface area contributed by atoms with Gasteiger partial charge in [-0.3, -0.25) is 9.69 Å². The molecule has 0 spiro atoms. The molecule has 0 radical (unpaired) electrons. The molecule has 0 aliphatic carbocycles. The third-order valence-corrected chi connectivity index (χ3v) is 5.33. The van der Waals surface area contributed by atoms with Gasteiger partial charge in [-0.15, -0.1) is 0 Å². The van der Waals surface area contributed by atoms with Gasteiger partial charge in [-0.05, 0) is 25.3 Å². The van der Waals surface area contributed by atoms with Gasteiger partial charge in [-0.1, -0.05) is 0 Å². The van der Waals surface area contributed by atoms with Crippen LogP contribution in [0, 0.1) is 5.92 Å². The van der Waals surface area contributed by atoms with Crippen LogP contribution in [0.25, 0.3) is 0 Å². The molecule has 3 saturated heterocycles. The van der Waals surface area contributed by atoms with Gasteiger partial charge in [0.15, 0.2) is 0 Å². The second-order valence-corrected chi connectivity index (χ2v) is 7.10. The molecule has 1 N–H and O–H groups in total. The van der Waals surface area contributed by atoms with Gasteiger partial charge in [0, 0.05) is 65.3 Å². The molecule has 0 aromatic heterocycles. The summed E-state index contributed by atoms with van der Waals surface area (Å²) < 4.78 is 5.43. The van der Waals surface area contributed by atoms with E-state index in [0.29, 0.717) is 12.3 Å². The van der Waals surface area contributed by atoms with Crippen molar-refractivity contribution in [1.82, 2.24) is 20.0 Å². The van der Waals surface area contributed by atoms with Crippen molar-refractivity contribution in [3.63, 3.8) is 0 Å². The van der Waals surface area contributed by atoms with Crippen LogP contribution in [0.3, 0.4) is 0 Å². The van der Waals surface area contributed by atoms with Gasteiger partial charge in [0.1, 0.15) is 0 Å². The summed E-state index contributed by atoms with van der Waals surface area (Å²) in [6.45, 7) is 12.0. The Bertz CT molecular complexity index is 368. The Morgan fingerprint density at radius 1 is 1.04 bits per heavy atom. The number of carbonyl (C=O) groups is 1.